The Kier molecular flexibility index (Phi) is 4.07. The van der Waals surface area contributed by atoms with Gasteiger partial charge in [0.2, 0.25) is 0 Å². The van der Waals surface area contributed by atoms with Crippen molar-refractivity contribution < 1.29 is 4.39 Å². The fourth-order valence-electron chi connectivity index (χ4n) is 3.30. The van der Waals surface area contributed by atoms with Gasteiger partial charge in [0.25, 0.3) is 0 Å². The van der Waals surface area contributed by atoms with Gasteiger partial charge in [-0.15, -0.1) is 0 Å². The summed E-state index contributed by atoms with van der Waals surface area (Å²) in [4.78, 5) is 0. The SMILES string of the molecule is Cc1ccccc1[C@@H](C)NC1CC(c2cccc(F)c2)C1. The Morgan fingerprint density at radius 1 is 1.10 bits per heavy atom. The van der Waals surface area contributed by atoms with Gasteiger partial charge in [0.15, 0.2) is 0 Å². The summed E-state index contributed by atoms with van der Waals surface area (Å²) in [6, 6.07) is 16.4. The summed E-state index contributed by atoms with van der Waals surface area (Å²) in [5.41, 5.74) is 3.84. The van der Waals surface area contributed by atoms with Gasteiger partial charge in [0.1, 0.15) is 5.82 Å². The molecule has 2 aromatic rings. The summed E-state index contributed by atoms with van der Waals surface area (Å²) in [5, 5.41) is 3.69. The third-order valence-electron chi connectivity index (χ3n) is 4.60. The van der Waals surface area contributed by atoms with Crippen molar-refractivity contribution in [1.82, 2.24) is 5.32 Å². The molecule has 0 spiro atoms. The molecule has 1 fully saturated rings. The molecule has 0 bridgehead atoms. The first kappa shape index (κ1) is 14.3. The van der Waals surface area contributed by atoms with E-state index in [-0.39, 0.29) is 5.82 Å². The highest BCUT2D eigenvalue weighted by Gasteiger charge is 2.31. The number of benzene rings is 2. The average Bonchev–Trinajstić information content (AvgIpc) is 2.42. The number of rotatable bonds is 4. The highest BCUT2D eigenvalue weighted by Crippen LogP contribution is 2.38. The molecule has 3 rings (SSSR count). The molecule has 0 aromatic heterocycles. The van der Waals surface area contributed by atoms with Crippen molar-refractivity contribution in [3.63, 3.8) is 0 Å². The molecule has 1 aliphatic rings. The molecule has 1 nitrogen and oxygen atoms in total. The van der Waals surface area contributed by atoms with Crippen molar-refractivity contribution in [2.75, 3.05) is 0 Å². The Morgan fingerprint density at radius 3 is 2.57 bits per heavy atom. The van der Waals surface area contributed by atoms with E-state index in [4.69, 9.17) is 0 Å². The second kappa shape index (κ2) is 5.98. The van der Waals surface area contributed by atoms with Crippen LogP contribution in [-0.4, -0.2) is 6.04 Å². The van der Waals surface area contributed by atoms with Gasteiger partial charge < -0.3 is 5.32 Å². The largest absolute Gasteiger partial charge is 0.307 e. The molecule has 1 saturated carbocycles. The normalized spacial score (nSPS) is 22.6. The molecular weight excluding hydrogens is 261 g/mol. The molecule has 2 aromatic carbocycles. The summed E-state index contributed by atoms with van der Waals surface area (Å²) in [6.45, 7) is 4.38. The topological polar surface area (TPSA) is 12.0 Å². The van der Waals surface area contributed by atoms with Crippen molar-refractivity contribution >= 4 is 0 Å². The molecule has 0 amide bonds. The van der Waals surface area contributed by atoms with Crippen molar-refractivity contribution in [3.05, 3.63) is 71.0 Å². The van der Waals surface area contributed by atoms with Crippen LogP contribution in [0.3, 0.4) is 0 Å². The highest BCUT2D eigenvalue weighted by molar-refractivity contribution is 5.29. The van der Waals surface area contributed by atoms with Gasteiger partial charge >= 0.3 is 0 Å². The summed E-state index contributed by atoms with van der Waals surface area (Å²) in [6.07, 6.45) is 2.19. The van der Waals surface area contributed by atoms with Gasteiger partial charge in [-0.2, -0.15) is 0 Å². The first-order valence-electron chi connectivity index (χ1n) is 7.70. The predicted molar refractivity (Wildman–Crippen MR) is 84.9 cm³/mol. The van der Waals surface area contributed by atoms with Crippen LogP contribution in [0.1, 0.15) is 48.4 Å². The Hall–Kier alpha value is -1.67. The van der Waals surface area contributed by atoms with Crippen LogP contribution in [0.4, 0.5) is 4.39 Å². The quantitative estimate of drug-likeness (QED) is 0.855. The maximum Gasteiger partial charge on any atom is 0.123 e. The summed E-state index contributed by atoms with van der Waals surface area (Å²) in [7, 11) is 0. The zero-order valence-corrected chi connectivity index (χ0v) is 12.6. The van der Waals surface area contributed by atoms with Crippen LogP contribution in [0.15, 0.2) is 48.5 Å². The maximum atomic E-state index is 13.2. The molecule has 0 heterocycles. The molecule has 1 aliphatic carbocycles. The van der Waals surface area contributed by atoms with E-state index < -0.39 is 0 Å². The van der Waals surface area contributed by atoms with Crippen LogP contribution >= 0.6 is 0 Å². The molecule has 110 valence electrons. The van der Waals surface area contributed by atoms with Crippen molar-refractivity contribution in [2.24, 2.45) is 0 Å². The molecule has 0 aliphatic heterocycles. The van der Waals surface area contributed by atoms with Gasteiger partial charge in [-0.25, -0.2) is 4.39 Å². The molecule has 21 heavy (non-hydrogen) atoms. The predicted octanol–water partition coefficient (Wildman–Crippen LogP) is 4.73. The lowest BCUT2D eigenvalue weighted by Gasteiger charge is -2.38. The maximum absolute atomic E-state index is 13.2. The van der Waals surface area contributed by atoms with E-state index in [0.29, 0.717) is 18.0 Å². The fourth-order valence-corrected chi connectivity index (χ4v) is 3.30. The van der Waals surface area contributed by atoms with Crippen molar-refractivity contribution in [3.8, 4) is 0 Å². The zero-order valence-electron chi connectivity index (χ0n) is 12.6. The molecule has 1 atom stereocenters. The highest BCUT2D eigenvalue weighted by atomic mass is 19.1. The van der Waals surface area contributed by atoms with Gasteiger partial charge in [0, 0.05) is 12.1 Å². The lowest BCUT2D eigenvalue weighted by atomic mass is 9.75. The number of hydrogen-bond acceptors (Lipinski definition) is 1. The minimum absolute atomic E-state index is 0.128. The van der Waals surface area contributed by atoms with Crippen LogP contribution in [0.5, 0.6) is 0 Å². The van der Waals surface area contributed by atoms with Crippen LogP contribution in [0, 0.1) is 12.7 Å². The Bertz CT molecular complexity index is 616. The summed E-state index contributed by atoms with van der Waals surface area (Å²) in [5.74, 6) is 0.374. The van der Waals surface area contributed by atoms with Gasteiger partial charge in [-0.05, 0) is 61.4 Å². The first-order valence-corrected chi connectivity index (χ1v) is 7.70. The van der Waals surface area contributed by atoms with E-state index in [1.54, 1.807) is 12.1 Å². The second-order valence-electron chi connectivity index (χ2n) is 6.17. The number of halogens is 1. The lowest BCUT2D eigenvalue weighted by Crippen LogP contribution is -2.41. The van der Waals surface area contributed by atoms with E-state index in [2.05, 4.69) is 43.4 Å². The van der Waals surface area contributed by atoms with E-state index >= 15 is 0 Å². The first-order chi connectivity index (χ1) is 10.1. The molecule has 0 unspecified atom stereocenters. The van der Waals surface area contributed by atoms with Gasteiger partial charge in [-0.3, -0.25) is 0 Å². The van der Waals surface area contributed by atoms with Crippen LogP contribution in [-0.2, 0) is 0 Å². The summed E-state index contributed by atoms with van der Waals surface area (Å²) >= 11 is 0. The molecule has 0 saturated heterocycles. The molecule has 0 radical (unpaired) electrons. The molecule has 2 heteroatoms. The number of aryl methyl sites for hydroxylation is 1. The van der Waals surface area contributed by atoms with E-state index in [1.165, 1.54) is 17.2 Å². The third-order valence-corrected chi connectivity index (χ3v) is 4.60. The lowest BCUT2D eigenvalue weighted by molar-refractivity contribution is 0.270. The smallest absolute Gasteiger partial charge is 0.123 e. The van der Waals surface area contributed by atoms with Crippen LogP contribution in [0.2, 0.25) is 0 Å². The monoisotopic (exact) mass is 283 g/mol. The standard InChI is InChI=1S/C19H22FN/c1-13-6-3-4-9-19(13)14(2)21-18-11-16(12-18)15-7-5-8-17(20)10-15/h3-10,14,16,18,21H,11-12H2,1-2H3/t14-,16?,18?/m1/s1. The van der Waals surface area contributed by atoms with Gasteiger partial charge in [-0.1, -0.05) is 36.4 Å². The fraction of sp³-hybridized carbons (Fsp3) is 0.368. The number of nitrogens with one attached hydrogen (secondary N) is 1. The Labute approximate surface area is 126 Å². The van der Waals surface area contributed by atoms with Crippen LogP contribution < -0.4 is 5.32 Å². The number of hydrogen-bond donors (Lipinski definition) is 1. The van der Waals surface area contributed by atoms with Crippen molar-refractivity contribution in [2.45, 2.75) is 44.7 Å². The van der Waals surface area contributed by atoms with E-state index in [9.17, 15) is 4.39 Å². The molecular formula is C19H22FN. The summed E-state index contributed by atoms with van der Waals surface area (Å²) < 4.78 is 13.2. The molecule has 1 N–H and O–H groups in total. The van der Waals surface area contributed by atoms with Gasteiger partial charge in [0.05, 0.1) is 0 Å². The van der Waals surface area contributed by atoms with E-state index in [0.717, 1.165) is 18.4 Å². The minimum atomic E-state index is -0.128. The van der Waals surface area contributed by atoms with E-state index in [1.807, 2.05) is 6.07 Å². The van der Waals surface area contributed by atoms with Crippen LogP contribution in [0.25, 0.3) is 0 Å². The second-order valence-corrected chi connectivity index (χ2v) is 6.17. The average molecular weight is 283 g/mol. The van der Waals surface area contributed by atoms with Crippen molar-refractivity contribution in [1.29, 1.82) is 0 Å². The Balaban J connectivity index is 1.56. The third kappa shape index (κ3) is 3.16. The zero-order chi connectivity index (χ0) is 14.8. The minimum Gasteiger partial charge on any atom is -0.307 e. The Morgan fingerprint density at radius 2 is 1.86 bits per heavy atom.